The normalized spacial score (nSPS) is 29.3. The van der Waals surface area contributed by atoms with Crippen molar-refractivity contribution in [2.24, 2.45) is 23.2 Å². The molecule has 35 heavy (non-hydrogen) atoms. The summed E-state index contributed by atoms with van der Waals surface area (Å²) in [6, 6.07) is 7.64. The highest BCUT2D eigenvalue weighted by Gasteiger charge is 2.68. The average Bonchev–Trinajstić information content (AvgIpc) is 3.18. The number of unbranched alkanes of at least 4 members (excludes halogenated alkanes) is 1. The van der Waals surface area contributed by atoms with E-state index in [2.05, 4.69) is 52.2 Å². The summed E-state index contributed by atoms with van der Waals surface area (Å²) in [5.74, 6) is 0.819. The maximum Gasteiger partial charge on any atom is 0.481 e. The van der Waals surface area contributed by atoms with Crippen LogP contribution in [0.3, 0.4) is 0 Å². The van der Waals surface area contributed by atoms with Crippen LogP contribution in [0.25, 0.3) is 0 Å². The Balaban J connectivity index is 1.33. The van der Waals surface area contributed by atoms with E-state index in [1.165, 1.54) is 12.0 Å². The summed E-state index contributed by atoms with van der Waals surface area (Å²) in [4.78, 5) is 25.4. The van der Waals surface area contributed by atoms with E-state index in [0.29, 0.717) is 23.3 Å². The molecule has 2 bridgehead atoms. The van der Waals surface area contributed by atoms with Crippen LogP contribution in [0, 0.1) is 23.2 Å². The third-order valence-corrected chi connectivity index (χ3v) is 8.81. The number of nitrogens with one attached hydrogen (secondary N) is 2. The van der Waals surface area contributed by atoms with Gasteiger partial charge in [0.2, 0.25) is 5.91 Å². The predicted octanol–water partition coefficient (Wildman–Crippen LogP) is 4.56. The van der Waals surface area contributed by atoms with Gasteiger partial charge in [0.05, 0.1) is 24.2 Å². The van der Waals surface area contributed by atoms with Gasteiger partial charge in [-0.1, -0.05) is 53.2 Å². The molecule has 1 aliphatic heterocycles. The highest BCUT2D eigenvalue weighted by atomic mass is 16.7. The van der Waals surface area contributed by atoms with E-state index in [1.54, 1.807) is 0 Å². The average molecular weight is 482 g/mol. The van der Waals surface area contributed by atoms with E-state index >= 15 is 0 Å². The molecule has 0 spiro atoms. The topological polar surface area (TPSA) is 76.7 Å². The minimum atomic E-state index is -0.460. The van der Waals surface area contributed by atoms with Crippen LogP contribution in [0.15, 0.2) is 24.3 Å². The second-order valence-corrected chi connectivity index (χ2v) is 12.1. The van der Waals surface area contributed by atoms with Gasteiger partial charge in [0.15, 0.2) is 0 Å². The molecule has 4 fully saturated rings. The fourth-order valence-electron chi connectivity index (χ4n) is 6.54. The van der Waals surface area contributed by atoms with Gasteiger partial charge in [-0.25, -0.2) is 0 Å². The molecule has 192 valence electrons. The molecule has 1 aromatic carbocycles. The van der Waals surface area contributed by atoms with Crippen molar-refractivity contribution in [3.05, 3.63) is 35.4 Å². The molecule has 0 aromatic heterocycles. The molecule has 2 N–H and O–H groups in total. The molecule has 3 aliphatic carbocycles. The second-order valence-electron chi connectivity index (χ2n) is 12.1. The smallest absolute Gasteiger partial charge is 0.404 e. The number of amides is 2. The Kier molecular flexibility index (Phi) is 7.68. The van der Waals surface area contributed by atoms with Crippen LogP contribution in [0.1, 0.15) is 89.6 Å². The van der Waals surface area contributed by atoms with Gasteiger partial charge in [-0.2, -0.15) is 0 Å². The zero-order chi connectivity index (χ0) is 25.4. The molecule has 7 heteroatoms. The first-order valence-electron chi connectivity index (χ1n) is 13.5. The van der Waals surface area contributed by atoms with Crippen molar-refractivity contribution in [3.63, 3.8) is 0 Å². The predicted molar refractivity (Wildman–Crippen MR) is 139 cm³/mol. The lowest BCUT2D eigenvalue weighted by Gasteiger charge is -2.64. The maximum atomic E-state index is 12.8. The molecule has 0 radical (unpaired) electrons. The van der Waals surface area contributed by atoms with Crippen LogP contribution in [0.4, 0.5) is 0 Å². The highest BCUT2D eigenvalue weighted by Crippen LogP contribution is 2.65. The Morgan fingerprint density at radius 2 is 1.86 bits per heavy atom. The van der Waals surface area contributed by atoms with E-state index in [4.69, 9.17) is 9.31 Å². The summed E-state index contributed by atoms with van der Waals surface area (Å²) < 4.78 is 13.0. The first kappa shape index (κ1) is 26.2. The van der Waals surface area contributed by atoms with Gasteiger partial charge in [0, 0.05) is 5.56 Å². The molecule has 2 amide bonds. The zero-order valence-electron chi connectivity index (χ0n) is 22.4. The number of hydrogen-bond donors (Lipinski definition) is 2. The summed E-state index contributed by atoms with van der Waals surface area (Å²) in [5.41, 5.74) is 1.77. The van der Waals surface area contributed by atoms with Crippen LogP contribution >= 0.6 is 0 Å². The van der Waals surface area contributed by atoms with E-state index in [-0.39, 0.29) is 41.4 Å². The van der Waals surface area contributed by atoms with Crippen molar-refractivity contribution in [2.75, 3.05) is 6.54 Å². The van der Waals surface area contributed by atoms with Crippen molar-refractivity contribution in [3.8, 4) is 0 Å². The van der Waals surface area contributed by atoms with Crippen molar-refractivity contribution in [1.29, 1.82) is 0 Å². The quantitative estimate of drug-likeness (QED) is 0.480. The number of carbonyl (C=O) groups is 2. The summed E-state index contributed by atoms with van der Waals surface area (Å²) in [5, 5.41) is 5.86. The highest BCUT2D eigenvalue weighted by molar-refractivity contribution is 6.47. The molecular weight excluding hydrogens is 439 g/mol. The summed E-state index contributed by atoms with van der Waals surface area (Å²) in [7, 11) is -0.460. The van der Waals surface area contributed by atoms with E-state index in [1.807, 2.05) is 24.3 Å². The molecule has 1 heterocycles. The lowest BCUT2D eigenvalue weighted by molar-refractivity contribution is -0.199. The number of rotatable bonds is 10. The Morgan fingerprint density at radius 3 is 2.49 bits per heavy atom. The van der Waals surface area contributed by atoms with Gasteiger partial charge in [0.25, 0.3) is 5.91 Å². The van der Waals surface area contributed by atoms with Crippen LogP contribution in [0.2, 0.25) is 0 Å². The van der Waals surface area contributed by atoms with E-state index < -0.39 is 7.12 Å². The van der Waals surface area contributed by atoms with Gasteiger partial charge < -0.3 is 19.9 Å². The third-order valence-electron chi connectivity index (χ3n) is 8.81. The van der Waals surface area contributed by atoms with Crippen LogP contribution in [-0.4, -0.2) is 43.1 Å². The summed E-state index contributed by atoms with van der Waals surface area (Å²) >= 11 is 0. The number of benzene rings is 1. The van der Waals surface area contributed by atoms with Crippen LogP contribution < -0.4 is 10.6 Å². The first-order valence-corrected chi connectivity index (χ1v) is 13.5. The Bertz CT molecular complexity index is 918. The number of aryl methyl sites for hydroxylation is 1. The molecule has 5 atom stereocenters. The molecule has 5 rings (SSSR count). The zero-order valence-corrected chi connectivity index (χ0v) is 22.4. The standard InChI is InChI=1S/C28H43BN2O4/c1-7-8-9-19-10-12-20(13-11-19)26(33)30-17-25(32)31-24(14-18(2)3)29-34-23-16-21-15-22(27(21,4)5)28(23,6)35-29/h10-13,18,21-24H,7-9,14-17H2,1-6H3,(H,30,33)(H,31,32)/t21-,22-,23+,24-,28-/m0/s1. The minimum absolute atomic E-state index is 0.0733. The van der Waals surface area contributed by atoms with E-state index in [9.17, 15) is 9.59 Å². The SMILES string of the molecule is CCCCc1ccc(C(=O)NCC(=O)N[C@@H](CC(C)C)B2O[C@@H]3C[C@@H]4C[C@@H](C4(C)C)[C@]3(C)O2)cc1. The van der Waals surface area contributed by atoms with E-state index in [0.717, 1.165) is 32.1 Å². The van der Waals surface area contributed by atoms with Crippen LogP contribution in [-0.2, 0) is 20.5 Å². The van der Waals surface area contributed by atoms with Crippen molar-refractivity contribution < 1.29 is 18.9 Å². The van der Waals surface area contributed by atoms with Crippen molar-refractivity contribution in [2.45, 2.75) is 97.7 Å². The van der Waals surface area contributed by atoms with Gasteiger partial charge in [-0.15, -0.1) is 0 Å². The van der Waals surface area contributed by atoms with Crippen LogP contribution in [0.5, 0.6) is 0 Å². The van der Waals surface area contributed by atoms with Gasteiger partial charge in [0.1, 0.15) is 0 Å². The molecule has 1 aromatic rings. The maximum absolute atomic E-state index is 12.8. The monoisotopic (exact) mass is 482 g/mol. The molecule has 0 unspecified atom stereocenters. The van der Waals surface area contributed by atoms with Crippen molar-refractivity contribution >= 4 is 18.9 Å². The summed E-state index contributed by atoms with van der Waals surface area (Å²) in [6.45, 7) is 13.2. The Hall–Kier alpha value is -1.86. The number of hydrogen-bond acceptors (Lipinski definition) is 4. The van der Waals surface area contributed by atoms with Crippen molar-refractivity contribution in [1.82, 2.24) is 10.6 Å². The molecule has 4 aliphatic rings. The fourth-order valence-corrected chi connectivity index (χ4v) is 6.54. The lowest BCUT2D eigenvalue weighted by Crippen LogP contribution is -2.65. The Morgan fingerprint density at radius 1 is 1.14 bits per heavy atom. The van der Waals surface area contributed by atoms with Gasteiger partial charge in [-0.05, 0) is 79.9 Å². The lowest BCUT2D eigenvalue weighted by atomic mass is 9.43. The largest absolute Gasteiger partial charge is 0.481 e. The minimum Gasteiger partial charge on any atom is -0.404 e. The molecule has 6 nitrogen and oxygen atoms in total. The number of carbonyl (C=O) groups excluding carboxylic acids is 2. The Labute approximate surface area is 211 Å². The van der Waals surface area contributed by atoms with Gasteiger partial charge in [-0.3, -0.25) is 9.59 Å². The second kappa shape index (κ2) is 10.3. The summed E-state index contributed by atoms with van der Waals surface area (Å²) in [6.07, 6.45) is 6.35. The molecule has 3 saturated carbocycles. The molecule has 1 saturated heterocycles. The first-order chi connectivity index (χ1) is 16.5. The fraction of sp³-hybridized carbons (Fsp3) is 0.714. The third kappa shape index (κ3) is 5.31. The molecular formula is C28H43BN2O4. The van der Waals surface area contributed by atoms with Gasteiger partial charge >= 0.3 is 7.12 Å².